The van der Waals surface area contributed by atoms with Crippen LogP contribution in [0.4, 0.5) is 19.3 Å². The first-order valence-corrected chi connectivity index (χ1v) is 6.74. The van der Waals surface area contributed by atoms with E-state index >= 15 is 0 Å². The standard InChI is InChI=1S/C14H16F2N2O3/c15-9-5-6-10(16)11(8-9)17-14(21)18-7-3-1-2-4-12(18)13(19)20/h5-6,8,12H,1-4,7H2,(H,17,21)(H,19,20). The minimum Gasteiger partial charge on any atom is -0.480 e. The number of hydrogen-bond acceptors (Lipinski definition) is 2. The van der Waals surface area contributed by atoms with Crippen molar-refractivity contribution in [1.29, 1.82) is 0 Å². The van der Waals surface area contributed by atoms with Crippen molar-refractivity contribution in [2.75, 3.05) is 11.9 Å². The lowest BCUT2D eigenvalue weighted by Gasteiger charge is -2.27. The van der Waals surface area contributed by atoms with Crippen LogP contribution in [0.3, 0.4) is 0 Å². The maximum Gasteiger partial charge on any atom is 0.326 e. The smallest absolute Gasteiger partial charge is 0.326 e. The van der Waals surface area contributed by atoms with Gasteiger partial charge in [0.1, 0.15) is 17.7 Å². The molecule has 0 saturated carbocycles. The summed E-state index contributed by atoms with van der Waals surface area (Å²) in [5, 5.41) is 11.4. The number of carbonyl (C=O) groups excluding carboxylic acids is 1. The second-order valence-corrected chi connectivity index (χ2v) is 4.95. The molecular formula is C14H16F2N2O3. The fourth-order valence-electron chi connectivity index (χ4n) is 2.39. The molecule has 2 amide bonds. The third-order valence-corrected chi connectivity index (χ3v) is 3.47. The molecule has 0 aliphatic carbocycles. The highest BCUT2D eigenvalue weighted by atomic mass is 19.1. The molecule has 1 aliphatic rings. The topological polar surface area (TPSA) is 69.6 Å². The number of carboxylic acids is 1. The lowest BCUT2D eigenvalue weighted by Crippen LogP contribution is -2.46. The molecule has 5 nitrogen and oxygen atoms in total. The highest BCUT2D eigenvalue weighted by Crippen LogP contribution is 2.20. The Balaban J connectivity index is 2.16. The zero-order chi connectivity index (χ0) is 15.4. The number of nitrogens with one attached hydrogen (secondary N) is 1. The Bertz CT molecular complexity index is 551. The minimum absolute atomic E-state index is 0.278. The van der Waals surface area contributed by atoms with Crippen LogP contribution in [-0.4, -0.2) is 34.6 Å². The van der Waals surface area contributed by atoms with Crippen molar-refractivity contribution in [2.24, 2.45) is 0 Å². The summed E-state index contributed by atoms with van der Waals surface area (Å²) in [7, 11) is 0. The van der Waals surface area contributed by atoms with Crippen LogP contribution >= 0.6 is 0 Å². The van der Waals surface area contributed by atoms with Crippen LogP contribution in [0.15, 0.2) is 18.2 Å². The van der Waals surface area contributed by atoms with Crippen LogP contribution in [0, 0.1) is 11.6 Å². The first-order chi connectivity index (χ1) is 9.99. The quantitative estimate of drug-likeness (QED) is 0.882. The maximum absolute atomic E-state index is 13.5. The van der Waals surface area contributed by atoms with E-state index in [9.17, 15) is 23.5 Å². The van der Waals surface area contributed by atoms with Crippen molar-refractivity contribution >= 4 is 17.7 Å². The summed E-state index contributed by atoms with van der Waals surface area (Å²) in [6, 6.07) is 1.04. The van der Waals surface area contributed by atoms with Crippen molar-refractivity contribution in [2.45, 2.75) is 31.7 Å². The molecule has 1 unspecified atom stereocenters. The van der Waals surface area contributed by atoms with Gasteiger partial charge in [0.25, 0.3) is 0 Å². The van der Waals surface area contributed by atoms with Gasteiger partial charge in [-0.15, -0.1) is 0 Å². The van der Waals surface area contributed by atoms with E-state index in [-0.39, 0.29) is 12.2 Å². The Morgan fingerprint density at radius 2 is 2.00 bits per heavy atom. The second kappa shape index (κ2) is 6.51. The largest absolute Gasteiger partial charge is 0.480 e. The summed E-state index contributed by atoms with van der Waals surface area (Å²) in [5.74, 6) is -2.55. The molecule has 1 aliphatic heterocycles. The van der Waals surface area contributed by atoms with E-state index < -0.39 is 29.7 Å². The van der Waals surface area contributed by atoms with Crippen molar-refractivity contribution in [3.05, 3.63) is 29.8 Å². The van der Waals surface area contributed by atoms with Gasteiger partial charge in [0.2, 0.25) is 0 Å². The zero-order valence-corrected chi connectivity index (χ0v) is 11.3. The number of hydrogen-bond donors (Lipinski definition) is 2. The lowest BCUT2D eigenvalue weighted by molar-refractivity contribution is -0.142. The summed E-state index contributed by atoms with van der Waals surface area (Å²) < 4.78 is 26.6. The number of amides is 2. The number of aliphatic carboxylic acids is 1. The van der Waals surface area contributed by atoms with Crippen LogP contribution < -0.4 is 5.32 Å². The molecule has 2 N–H and O–H groups in total. The normalized spacial score (nSPS) is 19.0. The predicted octanol–water partition coefficient (Wildman–Crippen LogP) is 2.83. The molecule has 1 aromatic carbocycles. The van der Waals surface area contributed by atoms with Gasteiger partial charge in [0.05, 0.1) is 5.69 Å². The number of anilines is 1. The number of likely N-dealkylation sites (tertiary alicyclic amines) is 1. The monoisotopic (exact) mass is 298 g/mol. The third kappa shape index (κ3) is 3.68. The SMILES string of the molecule is O=C(O)C1CCCCCN1C(=O)Nc1cc(F)ccc1F. The summed E-state index contributed by atoms with van der Waals surface area (Å²) in [6.07, 6.45) is 2.59. The number of carboxylic acid groups (broad SMARTS) is 1. The number of carbonyl (C=O) groups is 2. The van der Waals surface area contributed by atoms with E-state index in [2.05, 4.69) is 5.32 Å². The van der Waals surface area contributed by atoms with E-state index in [0.29, 0.717) is 12.8 Å². The van der Waals surface area contributed by atoms with Crippen molar-refractivity contribution < 1.29 is 23.5 Å². The molecule has 1 atom stereocenters. The first-order valence-electron chi connectivity index (χ1n) is 6.74. The lowest BCUT2D eigenvalue weighted by atomic mass is 10.1. The average molecular weight is 298 g/mol. The fraction of sp³-hybridized carbons (Fsp3) is 0.429. The fourth-order valence-corrected chi connectivity index (χ4v) is 2.39. The summed E-state index contributed by atoms with van der Waals surface area (Å²) >= 11 is 0. The van der Waals surface area contributed by atoms with Gasteiger partial charge < -0.3 is 15.3 Å². The van der Waals surface area contributed by atoms with Crippen molar-refractivity contribution in [3.8, 4) is 0 Å². The van der Waals surface area contributed by atoms with E-state index in [1.165, 1.54) is 4.90 Å². The molecule has 1 aromatic rings. The molecule has 0 bridgehead atoms. The maximum atomic E-state index is 13.5. The number of halogens is 2. The van der Waals surface area contributed by atoms with Gasteiger partial charge in [-0.1, -0.05) is 12.8 Å². The first kappa shape index (κ1) is 15.2. The third-order valence-electron chi connectivity index (χ3n) is 3.47. The predicted molar refractivity (Wildman–Crippen MR) is 72.0 cm³/mol. The van der Waals surface area contributed by atoms with Crippen LogP contribution in [0.5, 0.6) is 0 Å². The number of rotatable bonds is 2. The average Bonchev–Trinajstić information content (AvgIpc) is 2.68. The molecule has 1 fully saturated rings. The Morgan fingerprint density at radius 1 is 1.24 bits per heavy atom. The van der Waals surface area contributed by atoms with Crippen LogP contribution in [0.2, 0.25) is 0 Å². The Kier molecular flexibility index (Phi) is 4.72. The highest BCUT2D eigenvalue weighted by Gasteiger charge is 2.31. The Morgan fingerprint density at radius 3 is 2.71 bits per heavy atom. The molecule has 2 rings (SSSR count). The van der Waals surface area contributed by atoms with Crippen LogP contribution in [0.1, 0.15) is 25.7 Å². The van der Waals surface area contributed by atoms with Gasteiger partial charge in [0, 0.05) is 12.6 Å². The van der Waals surface area contributed by atoms with Crippen LogP contribution in [0.25, 0.3) is 0 Å². The van der Waals surface area contributed by atoms with E-state index in [1.54, 1.807) is 0 Å². The van der Waals surface area contributed by atoms with Gasteiger partial charge in [-0.25, -0.2) is 18.4 Å². The number of nitrogens with zero attached hydrogens (tertiary/aromatic N) is 1. The molecule has 114 valence electrons. The summed E-state index contributed by atoms with van der Waals surface area (Å²) in [5.41, 5.74) is -0.298. The van der Waals surface area contributed by atoms with Gasteiger partial charge >= 0.3 is 12.0 Å². The van der Waals surface area contributed by atoms with Gasteiger partial charge in [0.15, 0.2) is 0 Å². The molecule has 0 spiro atoms. The van der Waals surface area contributed by atoms with E-state index in [1.807, 2.05) is 0 Å². The van der Waals surface area contributed by atoms with Crippen molar-refractivity contribution in [1.82, 2.24) is 4.90 Å². The molecule has 7 heteroatoms. The van der Waals surface area contributed by atoms with Crippen molar-refractivity contribution in [3.63, 3.8) is 0 Å². The number of urea groups is 1. The summed E-state index contributed by atoms with van der Waals surface area (Å²) in [6.45, 7) is 0.278. The highest BCUT2D eigenvalue weighted by molar-refractivity contribution is 5.92. The van der Waals surface area contributed by atoms with E-state index in [4.69, 9.17) is 0 Å². The van der Waals surface area contributed by atoms with Gasteiger partial charge in [-0.2, -0.15) is 0 Å². The summed E-state index contributed by atoms with van der Waals surface area (Å²) in [4.78, 5) is 24.6. The van der Waals surface area contributed by atoms with Gasteiger partial charge in [-0.05, 0) is 25.0 Å². The molecule has 0 radical (unpaired) electrons. The van der Waals surface area contributed by atoms with Gasteiger partial charge in [-0.3, -0.25) is 0 Å². The molecule has 1 saturated heterocycles. The number of benzene rings is 1. The Labute approximate surface area is 120 Å². The van der Waals surface area contributed by atoms with E-state index in [0.717, 1.165) is 31.0 Å². The molecule has 0 aromatic heterocycles. The molecule has 21 heavy (non-hydrogen) atoms. The Hall–Kier alpha value is -2.18. The molecular weight excluding hydrogens is 282 g/mol. The second-order valence-electron chi connectivity index (χ2n) is 4.95. The van der Waals surface area contributed by atoms with Crippen LogP contribution in [-0.2, 0) is 4.79 Å². The zero-order valence-electron chi connectivity index (χ0n) is 11.3. The minimum atomic E-state index is -1.09. The molecule has 1 heterocycles.